The lowest BCUT2D eigenvalue weighted by Crippen LogP contribution is -2.29. The van der Waals surface area contributed by atoms with E-state index in [1.807, 2.05) is 19.9 Å². The Hall–Kier alpha value is -0.570. The molecule has 0 spiro atoms. The molecule has 1 heterocycles. The summed E-state index contributed by atoms with van der Waals surface area (Å²) in [7, 11) is 0. The van der Waals surface area contributed by atoms with Gasteiger partial charge in [0, 0.05) is 11.8 Å². The van der Waals surface area contributed by atoms with Crippen molar-refractivity contribution >= 4 is 21.7 Å². The summed E-state index contributed by atoms with van der Waals surface area (Å²) in [4.78, 5) is 12.0. The normalized spacial score (nSPS) is 19.5. The number of carbonyl (C=O) groups is 1. The van der Waals surface area contributed by atoms with Crippen LogP contribution >= 0.6 is 15.9 Å². The van der Waals surface area contributed by atoms with Gasteiger partial charge in [-0.25, -0.2) is 0 Å². The van der Waals surface area contributed by atoms with Crippen LogP contribution in [-0.4, -0.2) is 5.78 Å². The third-order valence-electron chi connectivity index (χ3n) is 2.83. The molecule has 0 N–H and O–H groups in total. The van der Waals surface area contributed by atoms with Gasteiger partial charge < -0.3 is 4.42 Å². The van der Waals surface area contributed by atoms with E-state index in [4.69, 9.17) is 4.42 Å². The number of fused-ring (bicyclic) bond motifs is 1. The molecule has 14 heavy (non-hydrogen) atoms. The first-order valence-corrected chi connectivity index (χ1v) is 5.89. The van der Waals surface area contributed by atoms with E-state index >= 15 is 0 Å². The Morgan fingerprint density at radius 1 is 1.57 bits per heavy atom. The summed E-state index contributed by atoms with van der Waals surface area (Å²) in [6.07, 6.45) is 1.76. The molecular weight excluding hydrogens is 244 g/mol. The molecular formula is C11H13BrO2. The molecule has 0 fully saturated rings. The third kappa shape index (κ3) is 1.44. The van der Waals surface area contributed by atoms with Crippen LogP contribution in [0.25, 0.3) is 0 Å². The molecule has 0 amide bonds. The third-order valence-corrected chi connectivity index (χ3v) is 3.38. The van der Waals surface area contributed by atoms with Gasteiger partial charge >= 0.3 is 0 Å². The van der Waals surface area contributed by atoms with Crippen molar-refractivity contribution in [1.82, 2.24) is 0 Å². The minimum atomic E-state index is -0.222. The number of alkyl halides is 1. The van der Waals surface area contributed by atoms with E-state index in [2.05, 4.69) is 15.9 Å². The van der Waals surface area contributed by atoms with Crippen LogP contribution in [0.5, 0.6) is 0 Å². The van der Waals surface area contributed by atoms with Gasteiger partial charge in [-0.05, 0) is 12.5 Å². The monoisotopic (exact) mass is 256 g/mol. The van der Waals surface area contributed by atoms with E-state index in [0.29, 0.717) is 5.33 Å². The molecule has 76 valence electrons. The SMILES string of the molecule is CC1(C)CCc2oc(CBr)cc2C1=O. The molecule has 1 aromatic rings. The lowest BCUT2D eigenvalue weighted by Gasteiger charge is -2.26. The van der Waals surface area contributed by atoms with Gasteiger partial charge in [-0.1, -0.05) is 29.8 Å². The van der Waals surface area contributed by atoms with Gasteiger partial charge in [-0.3, -0.25) is 4.79 Å². The maximum atomic E-state index is 12.0. The summed E-state index contributed by atoms with van der Waals surface area (Å²) >= 11 is 3.33. The van der Waals surface area contributed by atoms with E-state index in [1.165, 1.54) is 0 Å². The van der Waals surface area contributed by atoms with Crippen LogP contribution in [0.2, 0.25) is 0 Å². The second-order valence-electron chi connectivity index (χ2n) is 4.40. The van der Waals surface area contributed by atoms with Crippen molar-refractivity contribution in [2.75, 3.05) is 0 Å². The van der Waals surface area contributed by atoms with Gasteiger partial charge in [0.1, 0.15) is 11.5 Å². The number of rotatable bonds is 1. The smallest absolute Gasteiger partial charge is 0.171 e. The maximum Gasteiger partial charge on any atom is 0.171 e. The zero-order valence-electron chi connectivity index (χ0n) is 8.39. The molecule has 1 aromatic heterocycles. The molecule has 2 rings (SSSR count). The average Bonchev–Trinajstić information content (AvgIpc) is 2.55. The predicted octanol–water partition coefficient (Wildman–Crippen LogP) is 3.33. The van der Waals surface area contributed by atoms with Gasteiger partial charge in [0.2, 0.25) is 0 Å². The van der Waals surface area contributed by atoms with Crippen LogP contribution < -0.4 is 0 Å². The zero-order valence-corrected chi connectivity index (χ0v) is 9.98. The zero-order chi connectivity index (χ0) is 10.3. The number of hydrogen-bond acceptors (Lipinski definition) is 2. The highest BCUT2D eigenvalue weighted by molar-refractivity contribution is 9.08. The maximum absolute atomic E-state index is 12.0. The highest BCUT2D eigenvalue weighted by Gasteiger charge is 2.36. The van der Waals surface area contributed by atoms with Crippen molar-refractivity contribution in [1.29, 1.82) is 0 Å². The number of carbonyl (C=O) groups excluding carboxylic acids is 1. The van der Waals surface area contributed by atoms with Crippen LogP contribution in [-0.2, 0) is 11.8 Å². The summed E-state index contributed by atoms with van der Waals surface area (Å²) < 4.78 is 5.55. The minimum absolute atomic E-state index is 0.217. The quantitative estimate of drug-likeness (QED) is 0.722. The second kappa shape index (κ2) is 3.23. The molecule has 0 saturated carbocycles. The highest BCUT2D eigenvalue weighted by atomic mass is 79.9. The molecule has 0 aromatic carbocycles. The summed E-state index contributed by atoms with van der Waals surface area (Å²) in [5.41, 5.74) is 0.566. The molecule has 1 aliphatic carbocycles. The fourth-order valence-electron chi connectivity index (χ4n) is 1.83. The van der Waals surface area contributed by atoms with Crippen molar-refractivity contribution < 1.29 is 9.21 Å². The van der Waals surface area contributed by atoms with Crippen molar-refractivity contribution in [2.24, 2.45) is 5.41 Å². The topological polar surface area (TPSA) is 30.2 Å². The van der Waals surface area contributed by atoms with Crippen LogP contribution in [0.15, 0.2) is 10.5 Å². The van der Waals surface area contributed by atoms with E-state index in [9.17, 15) is 4.79 Å². The van der Waals surface area contributed by atoms with E-state index < -0.39 is 0 Å². The van der Waals surface area contributed by atoms with Gasteiger partial charge in [0.15, 0.2) is 5.78 Å². The Morgan fingerprint density at radius 2 is 2.29 bits per heavy atom. The molecule has 1 aliphatic rings. The standard InChI is InChI=1S/C11H13BrO2/c1-11(2)4-3-9-8(10(11)13)5-7(6-12)14-9/h5H,3-4,6H2,1-2H3. The van der Waals surface area contributed by atoms with E-state index in [1.54, 1.807) is 0 Å². The van der Waals surface area contributed by atoms with Crippen molar-refractivity contribution in [3.05, 3.63) is 23.2 Å². The molecule has 0 saturated heterocycles. The molecule has 0 aliphatic heterocycles. The first-order valence-electron chi connectivity index (χ1n) is 4.77. The molecule has 0 bridgehead atoms. The fraction of sp³-hybridized carbons (Fsp3) is 0.545. The largest absolute Gasteiger partial charge is 0.464 e. The van der Waals surface area contributed by atoms with Crippen LogP contribution in [0.4, 0.5) is 0 Å². The van der Waals surface area contributed by atoms with Gasteiger partial charge in [-0.2, -0.15) is 0 Å². The lowest BCUT2D eigenvalue weighted by atomic mass is 9.76. The van der Waals surface area contributed by atoms with E-state index in [-0.39, 0.29) is 11.2 Å². The Morgan fingerprint density at radius 3 is 2.93 bits per heavy atom. The molecule has 0 radical (unpaired) electrons. The number of aryl methyl sites for hydroxylation is 1. The molecule has 0 atom stereocenters. The minimum Gasteiger partial charge on any atom is -0.464 e. The first-order chi connectivity index (χ1) is 6.54. The molecule has 3 heteroatoms. The van der Waals surface area contributed by atoms with E-state index in [0.717, 1.165) is 29.9 Å². The number of ketones is 1. The fourth-order valence-corrected chi connectivity index (χ4v) is 2.11. The molecule has 0 unspecified atom stereocenters. The Bertz CT molecular complexity index is 377. The first kappa shape index (κ1) is 9.97. The molecule has 2 nitrogen and oxygen atoms in total. The van der Waals surface area contributed by atoms with Crippen LogP contribution in [0, 0.1) is 5.41 Å². The second-order valence-corrected chi connectivity index (χ2v) is 4.96. The van der Waals surface area contributed by atoms with Crippen LogP contribution in [0.1, 0.15) is 42.1 Å². The number of Topliss-reactive ketones (excluding diaryl/α,β-unsaturated/α-hetero) is 1. The van der Waals surface area contributed by atoms with Crippen LogP contribution in [0.3, 0.4) is 0 Å². The Kier molecular flexibility index (Phi) is 2.30. The highest BCUT2D eigenvalue weighted by Crippen LogP contribution is 2.36. The van der Waals surface area contributed by atoms with Gasteiger partial charge in [-0.15, -0.1) is 0 Å². The summed E-state index contributed by atoms with van der Waals surface area (Å²) in [5.74, 6) is 1.93. The number of halogens is 1. The predicted molar refractivity (Wildman–Crippen MR) is 57.8 cm³/mol. The average molecular weight is 257 g/mol. The van der Waals surface area contributed by atoms with Crippen molar-refractivity contribution in [3.8, 4) is 0 Å². The van der Waals surface area contributed by atoms with Gasteiger partial charge in [0.25, 0.3) is 0 Å². The van der Waals surface area contributed by atoms with Crippen molar-refractivity contribution in [2.45, 2.75) is 32.0 Å². The Balaban J connectivity index is 2.45. The summed E-state index contributed by atoms with van der Waals surface area (Å²) in [5, 5.41) is 0.674. The Labute approximate surface area is 91.8 Å². The summed E-state index contributed by atoms with van der Waals surface area (Å²) in [6.45, 7) is 4.00. The summed E-state index contributed by atoms with van der Waals surface area (Å²) in [6, 6.07) is 1.87. The number of hydrogen-bond donors (Lipinski definition) is 0. The van der Waals surface area contributed by atoms with Crippen molar-refractivity contribution in [3.63, 3.8) is 0 Å². The number of furan rings is 1. The lowest BCUT2D eigenvalue weighted by molar-refractivity contribution is 0.0804. The van der Waals surface area contributed by atoms with Gasteiger partial charge in [0.05, 0.1) is 10.9 Å².